The van der Waals surface area contributed by atoms with E-state index in [1.165, 1.54) is 0 Å². The highest BCUT2D eigenvalue weighted by atomic mass is 35.5. The number of benzene rings is 1. The van der Waals surface area contributed by atoms with Crippen LogP contribution in [0.5, 0.6) is 0 Å². The highest BCUT2D eigenvalue weighted by molar-refractivity contribution is 7.98. The lowest BCUT2D eigenvalue weighted by atomic mass is 10.1. The van der Waals surface area contributed by atoms with Gasteiger partial charge in [0.25, 0.3) is 0 Å². The minimum absolute atomic E-state index is 0.0152. The second kappa shape index (κ2) is 8.69. The van der Waals surface area contributed by atoms with Gasteiger partial charge in [-0.15, -0.1) is 0 Å². The number of aliphatic hydroxyl groups is 1. The number of nitrogens with one attached hydrogen (secondary N) is 1. The molecule has 1 aromatic carbocycles. The van der Waals surface area contributed by atoms with Crippen molar-refractivity contribution in [2.24, 2.45) is 0 Å². The van der Waals surface area contributed by atoms with Gasteiger partial charge in [0.15, 0.2) is 0 Å². The van der Waals surface area contributed by atoms with Crippen LogP contribution in [-0.2, 0) is 11.2 Å². The molecule has 1 amide bonds. The molecular weight excluding hydrogens is 305 g/mol. The summed E-state index contributed by atoms with van der Waals surface area (Å²) in [6, 6.07) is 5.07. The van der Waals surface area contributed by atoms with Crippen LogP contribution >= 0.6 is 35.0 Å². The van der Waals surface area contributed by atoms with Gasteiger partial charge in [0.05, 0.1) is 6.42 Å². The molecule has 1 rings (SSSR count). The largest absolute Gasteiger partial charge is 0.396 e. The fraction of sp³-hybridized carbons (Fsp3) is 0.462. The molecule has 0 heterocycles. The average molecular weight is 322 g/mol. The minimum atomic E-state index is -0.100. The third kappa shape index (κ3) is 6.04. The van der Waals surface area contributed by atoms with Gasteiger partial charge in [-0.25, -0.2) is 0 Å². The number of hydrogen-bond donors (Lipinski definition) is 2. The Labute approximate surface area is 127 Å². The molecule has 1 unspecified atom stereocenters. The number of aliphatic hydroxyl groups excluding tert-OH is 1. The Morgan fingerprint density at radius 1 is 1.47 bits per heavy atom. The first-order valence-corrected chi connectivity index (χ1v) is 8.05. The molecule has 0 saturated carbocycles. The zero-order valence-corrected chi connectivity index (χ0v) is 13.0. The molecule has 0 aliphatic carbocycles. The molecule has 2 N–H and O–H groups in total. The van der Waals surface area contributed by atoms with Gasteiger partial charge < -0.3 is 10.4 Å². The van der Waals surface area contributed by atoms with Crippen molar-refractivity contribution in [3.63, 3.8) is 0 Å². The molecule has 0 radical (unpaired) electrons. The quantitative estimate of drug-likeness (QED) is 0.811. The predicted octanol–water partition coefficient (Wildman–Crippen LogP) is 2.77. The lowest BCUT2D eigenvalue weighted by Crippen LogP contribution is -2.38. The maximum Gasteiger partial charge on any atom is 0.224 e. The van der Waals surface area contributed by atoms with Crippen LogP contribution in [-0.4, -0.2) is 35.7 Å². The summed E-state index contributed by atoms with van der Waals surface area (Å²) >= 11 is 13.5. The Morgan fingerprint density at radius 2 is 2.21 bits per heavy atom. The van der Waals surface area contributed by atoms with E-state index in [1.54, 1.807) is 30.0 Å². The van der Waals surface area contributed by atoms with Crippen LogP contribution in [0.25, 0.3) is 0 Å². The fourth-order valence-corrected chi connectivity index (χ4v) is 2.80. The van der Waals surface area contributed by atoms with E-state index in [1.807, 2.05) is 6.26 Å². The summed E-state index contributed by atoms with van der Waals surface area (Å²) < 4.78 is 0. The Balaban J connectivity index is 2.58. The van der Waals surface area contributed by atoms with Crippen molar-refractivity contribution >= 4 is 40.9 Å². The highest BCUT2D eigenvalue weighted by Crippen LogP contribution is 2.21. The molecule has 0 fully saturated rings. The molecule has 1 aromatic rings. The first kappa shape index (κ1) is 16.6. The first-order chi connectivity index (χ1) is 9.06. The number of rotatable bonds is 7. The second-order valence-electron chi connectivity index (χ2n) is 4.14. The van der Waals surface area contributed by atoms with Crippen molar-refractivity contribution in [1.29, 1.82) is 0 Å². The van der Waals surface area contributed by atoms with E-state index in [2.05, 4.69) is 5.32 Å². The Kier molecular flexibility index (Phi) is 7.61. The minimum Gasteiger partial charge on any atom is -0.396 e. The smallest absolute Gasteiger partial charge is 0.224 e. The van der Waals surface area contributed by atoms with Crippen LogP contribution in [0.1, 0.15) is 12.0 Å². The summed E-state index contributed by atoms with van der Waals surface area (Å²) in [5, 5.41) is 12.9. The monoisotopic (exact) mass is 321 g/mol. The van der Waals surface area contributed by atoms with Crippen LogP contribution in [0.4, 0.5) is 0 Å². The Hall–Kier alpha value is -0.420. The molecule has 106 valence electrons. The summed E-state index contributed by atoms with van der Waals surface area (Å²) in [6.45, 7) is 0.0627. The molecule has 1 atom stereocenters. The van der Waals surface area contributed by atoms with Crippen molar-refractivity contribution in [3.05, 3.63) is 33.8 Å². The van der Waals surface area contributed by atoms with Gasteiger partial charge in [0, 0.05) is 28.4 Å². The number of carbonyl (C=O) groups is 1. The van der Waals surface area contributed by atoms with Gasteiger partial charge in [-0.3, -0.25) is 4.79 Å². The molecule has 0 aliphatic heterocycles. The van der Waals surface area contributed by atoms with E-state index in [-0.39, 0.29) is 25.0 Å². The highest BCUT2D eigenvalue weighted by Gasteiger charge is 2.13. The fourth-order valence-electron chi connectivity index (χ4n) is 1.67. The standard InChI is InChI=1S/C13H17Cl2NO2S/c1-19-8-11(4-5-17)16-13(18)6-9-2-3-10(14)7-12(9)15/h2-3,7,11,17H,4-6,8H2,1H3,(H,16,18). The van der Waals surface area contributed by atoms with Crippen LogP contribution in [0.3, 0.4) is 0 Å². The molecule has 0 aliphatic rings. The zero-order chi connectivity index (χ0) is 14.3. The van der Waals surface area contributed by atoms with Crippen molar-refractivity contribution in [3.8, 4) is 0 Å². The van der Waals surface area contributed by atoms with E-state index in [0.717, 1.165) is 11.3 Å². The van der Waals surface area contributed by atoms with E-state index >= 15 is 0 Å². The van der Waals surface area contributed by atoms with Gasteiger partial charge in [0.1, 0.15) is 0 Å². The number of halogens is 2. The van der Waals surface area contributed by atoms with Crippen molar-refractivity contribution in [2.75, 3.05) is 18.6 Å². The Bertz CT molecular complexity index is 423. The summed E-state index contributed by atoms with van der Waals surface area (Å²) in [7, 11) is 0. The summed E-state index contributed by atoms with van der Waals surface area (Å²) in [5.74, 6) is 0.678. The van der Waals surface area contributed by atoms with E-state index in [9.17, 15) is 4.79 Å². The van der Waals surface area contributed by atoms with Crippen LogP contribution in [0.15, 0.2) is 18.2 Å². The normalized spacial score (nSPS) is 12.2. The molecule has 0 bridgehead atoms. The zero-order valence-electron chi connectivity index (χ0n) is 10.7. The van der Waals surface area contributed by atoms with Gasteiger partial charge >= 0.3 is 0 Å². The van der Waals surface area contributed by atoms with Crippen LogP contribution < -0.4 is 5.32 Å². The van der Waals surface area contributed by atoms with Crippen molar-refractivity contribution in [2.45, 2.75) is 18.9 Å². The van der Waals surface area contributed by atoms with Crippen LogP contribution in [0.2, 0.25) is 10.0 Å². The molecule has 19 heavy (non-hydrogen) atoms. The Morgan fingerprint density at radius 3 is 2.79 bits per heavy atom. The summed E-state index contributed by atoms with van der Waals surface area (Å²) in [6.07, 6.45) is 2.74. The SMILES string of the molecule is CSCC(CCO)NC(=O)Cc1ccc(Cl)cc1Cl. The second-order valence-corrected chi connectivity index (χ2v) is 5.90. The third-order valence-electron chi connectivity index (χ3n) is 2.58. The number of carbonyl (C=O) groups excluding carboxylic acids is 1. The summed E-state index contributed by atoms with van der Waals surface area (Å²) in [4.78, 5) is 11.9. The molecular formula is C13H17Cl2NO2S. The molecule has 0 spiro atoms. The average Bonchev–Trinajstić information content (AvgIpc) is 2.33. The molecule has 0 aromatic heterocycles. The summed E-state index contributed by atoms with van der Waals surface area (Å²) in [5.41, 5.74) is 0.746. The molecule has 3 nitrogen and oxygen atoms in total. The van der Waals surface area contributed by atoms with Gasteiger partial charge in [-0.1, -0.05) is 29.3 Å². The number of amides is 1. The topological polar surface area (TPSA) is 49.3 Å². The van der Waals surface area contributed by atoms with E-state index in [0.29, 0.717) is 16.5 Å². The van der Waals surface area contributed by atoms with Crippen LogP contribution in [0, 0.1) is 0 Å². The molecule has 0 saturated heterocycles. The van der Waals surface area contributed by atoms with E-state index in [4.69, 9.17) is 28.3 Å². The predicted molar refractivity (Wildman–Crippen MR) is 82.2 cm³/mol. The maximum absolute atomic E-state index is 11.9. The van der Waals surface area contributed by atoms with Gasteiger partial charge in [-0.2, -0.15) is 11.8 Å². The third-order valence-corrected chi connectivity index (χ3v) is 3.90. The lowest BCUT2D eigenvalue weighted by Gasteiger charge is -2.16. The number of thioether (sulfide) groups is 1. The van der Waals surface area contributed by atoms with Gasteiger partial charge in [0.2, 0.25) is 5.91 Å². The molecule has 6 heteroatoms. The van der Waals surface area contributed by atoms with E-state index < -0.39 is 0 Å². The number of hydrogen-bond acceptors (Lipinski definition) is 3. The van der Waals surface area contributed by atoms with Gasteiger partial charge in [-0.05, 0) is 30.4 Å². The van der Waals surface area contributed by atoms with Crippen molar-refractivity contribution in [1.82, 2.24) is 5.32 Å². The first-order valence-electron chi connectivity index (χ1n) is 5.90. The maximum atomic E-state index is 11.9. The lowest BCUT2D eigenvalue weighted by molar-refractivity contribution is -0.121. The van der Waals surface area contributed by atoms with Crippen molar-refractivity contribution < 1.29 is 9.90 Å².